The number of aryl methyl sites for hydroxylation is 1. The molecular formula is C11H12N2O2. The maximum Gasteiger partial charge on any atom is 0.352 e. The second-order valence-corrected chi connectivity index (χ2v) is 3.47. The lowest BCUT2D eigenvalue weighted by molar-refractivity contribution is 0.0687. The normalized spacial score (nSPS) is 10.5. The second kappa shape index (κ2) is 3.31. The average molecular weight is 204 g/mol. The standard InChI is InChI=1S/C11H12N2O2/c1-12-7-3-4-8(12)9-5-6-10(11(14)15)13(9)2/h3-7H,1-2H3,(H,14,15). The first-order valence-electron chi connectivity index (χ1n) is 4.62. The molecule has 78 valence electrons. The Balaban J connectivity index is 2.56. The van der Waals surface area contributed by atoms with E-state index in [0.29, 0.717) is 5.69 Å². The van der Waals surface area contributed by atoms with E-state index in [2.05, 4.69) is 0 Å². The van der Waals surface area contributed by atoms with Gasteiger partial charge in [-0.1, -0.05) is 0 Å². The summed E-state index contributed by atoms with van der Waals surface area (Å²) in [6.07, 6.45) is 1.93. The molecule has 2 aromatic rings. The lowest BCUT2D eigenvalue weighted by atomic mass is 10.3. The smallest absolute Gasteiger partial charge is 0.352 e. The van der Waals surface area contributed by atoms with Gasteiger partial charge in [-0.15, -0.1) is 0 Å². The van der Waals surface area contributed by atoms with Gasteiger partial charge in [0, 0.05) is 20.3 Å². The van der Waals surface area contributed by atoms with Crippen LogP contribution in [0.25, 0.3) is 11.4 Å². The SMILES string of the molecule is Cn1cccc1-c1ccc(C(=O)O)n1C. The van der Waals surface area contributed by atoms with Crippen molar-refractivity contribution < 1.29 is 9.90 Å². The largest absolute Gasteiger partial charge is 0.477 e. The minimum absolute atomic E-state index is 0.297. The second-order valence-electron chi connectivity index (χ2n) is 3.47. The van der Waals surface area contributed by atoms with Crippen LogP contribution in [0.4, 0.5) is 0 Å². The third-order valence-electron chi connectivity index (χ3n) is 2.55. The van der Waals surface area contributed by atoms with Gasteiger partial charge in [0.1, 0.15) is 5.69 Å². The van der Waals surface area contributed by atoms with E-state index in [9.17, 15) is 4.79 Å². The first-order valence-corrected chi connectivity index (χ1v) is 4.62. The Bertz CT molecular complexity index is 508. The summed E-state index contributed by atoms with van der Waals surface area (Å²) < 4.78 is 3.64. The summed E-state index contributed by atoms with van der Waals surface area (Å²) in [5, 5.41) is 8.92. The molecule has 0 aliphatic heterocycles. The van der Waals surface area contributed by atoms with Gasteiger partial charge in [-0.2, -0.15) is 0 Å². The van der Waals surface area contributed by atoms with E-state index in [-0.39, 0.29) is 0 Å². The van der Waals surface area contributed by atoms with Crippen LogP contribution >= 0.6 is 0 Å². The Hall–Kier alpha value is -1.97. The molecule has 2 aromatic heterocycles. The number of hydrogen-bond acceptors (Lipinski definition) is 1. The van der Waals surface area contributed by atoms with Gasteiger partial charge in [-0.25, -0.2) is 4.79 Å². The quantitative estimate of drug-likeness (QED) is 0.809. The topological polar surface area (TPSA) is 47.2 Å². The molecule has 0 bridgehead atoms. The van der Waals surface area contributed by atoms with E-state index >= 15 is 0 Å². The lowest BCUT2D eigenvalue weighted by Gasteiger charge is -2.06. The number of carboxylic acids is 1. The fraction of sp³-hybridized carbons (Fsp3) is 0.182. The van der Waals surface area contributed by atoms with Crippen molar-refractivity contribution in [2.75, 3.05) is 0 Å². The van der Waals surface area contributed by atoms with Crippen molar-refractivity contribution in [3.8, 4) is 11.4 Å². The molecule has 0 spiro atoms. The van der Waals surface area contributed by atoms with Gasteiger partial charge >= 0.3 is 5.97 Å². The molecule has 0 radical (unpaired) electrons. The molecule has 4 heteroatoms. The van der Waals surface area contributed by atoms with E-state index < -0.39 is 5.97 Å². The fourth-order valence-electron chi connectivity index (χ4n) is 1.71. The molecule has 0 aliphatic carbocycles. The summed E-state index contributed by atoms with van der Waals surface area (Å²) in [5.41, 5.74) is 2.20. The van der Waals surface area contributed by atoms with Crippen LogP contribution in [0.5, 0.6) is 0 Å². The molecule has 0 aliphatic rings. The molecule has 1 N–H and O–H groups in total. The maximum atomic E-state index is 10.9. The summed E-state index contributed by atoms with van der Waals surface area (Å²) in [6, 6.07) is 7.33. The van der Waals surface area contributed by atoms with E-state index in [4.69, 9.17) is 5.11 Å². The molecule has 0 unspecified atom stereocenters. The predicted molar refractivity (Wildman–Crippen MR) is 56.8 cm³/mol. The number of nitrogens with zero attached hydrogens (tertiary/aromatic N) is 2. The Morgan fingerprint density at radius 3 is 2.40 bits per heavy atom. The van der Waals surface area contributed by atoms with Crippen molar-refractivity contribution in [2.45, 2.75) is 0 Å². The highest BCUT2D eigenvalue weighted by atomic mass is 16.4. The van der Waals surface area contributed by atoms with Crippen molar-refractivity contribution in [3.63, 3.8) is 0 Å². The summed E-state index contributed by atoms with van der Waals surface area (Å²) in [6.45, 7) is 0. The Morgan fingerprint density at radius 1 is 1.20 bits per heavy atom. The van der Waals surface area contributed by atoms with Crippen LogP contribution in [0.15, 0.2) is 30.5 Å². The minimum atomic E-state index is -0.905. The summed E-state index contributed by atoms with van der Waals surface area (Å²) in [4.78, 5) is 10.9. The lowest BCUT2D eigenvalue weighted by Crippen LogP contribution is -2.06. The van der Waals surface area contributed by atoms with Crippen molar-refractivity contribution >= 4 is 5.97 Å². The Kier molecular flexibility index (Phi) is 2.11. The summed E-state index contributed by atoms with van der Waals surface area (Å²) >= 11 is 0. The zero-order chi connectivity index (χ0) is 11.0. The number of carbonyl (C=O) groups is 1. The van der Waals surface area contributed by atoms with Crippen LogP contribution in [0.2, 0.25) is 0 Å². The highest BCUT2D eigenvalue weighted by molar-refractivity contribution is 5.87. The van der Waals surface area contributed by atoms with Crippen molar-refractivity contribution in [1.82, 2.24) is 9.13 Å². The number of aromatic carboxylic acids is 1. The zero-order valence-corrected chi connectivity index (χ0v) is 8.64. The molecule has 0 atom stereocenters. The minimum Gasteiger partial charge on any atom is -0.477 e. The number of rotatable bonds is 2. The molecule has 0 saturated heterocycles. The van der Waals surface area contributed by atoms with Gasteiger partial charge in [0.2, 0.25) is 0 Å². The predicted octanol–water partition coefficient (Wildman–Crippen LogP) is 1.73. The van der Waals surface area contributed by atoms with Crippen LogP contribution < -0.4 is 0 Å². The number of hydrogen-bond donors (Lipinski definition) is 1. The molecule has 2 heterocycles. The molecule has 0 aromatic carbocycles. The Labute approximate surface area is 87.4 Å². The number of aromatic nitrogens is 2. The van der Waals surface area contributed by atoms with E-state index in [1.165, 1.54) is 0 Å². The summed E-state index contributed by atoms with van der Waals surface area (Å²) in [7, 11) is 3.69. The molecule has 0 fully saturated rings. The summed E-state index contributed by atoms with van der Waals surface area (Å²) in [5.74, 6) is -0.905. The average Bonchev–Trinajstić information content (AvgIpc) is 2.71. The van der Waals surface area contributed by atoms with Gasteiger partial charge in [-0.05, 0) is 24.3 Å². The monoisotopic (exact) mass is 204 g/mol. The van der Waals surface area contributed by atoms with Crippen LogP contribution in [0, 0.1) is 0 Å². The molecule has 4 nitrogen and oxygen atoms in total. The van der Waals surface area contributed by atoms with E-state index in [1.54, 1.807) is 17.7 Å². The van der Waals surface area contributed by atoms with Crippen LogP contribution in [-0.4, -0.2) is 20.2 Å². The third-order valence-corrected chi connectivity index (χ3v) is 2.55. The van der Waals surface area contributed by atoms with Crippen LogP contribution in [0.3, 0.4) is 0 Å². The molecule has 0 saturated carbocycles. The van der Waals surface area contributed by atoms with Crippen LogP contribution in [-0.2, 0) is 14.1 Å². The van der Waals surface area contributed by atoms with Crippen LogP contribution in [0.1, 0.15) is 10.5 Å². The molecule has 15 heavy (non-hydrogen) atoms. The van der Waals surface area contributed by atoms with E-state index in [0.717, 1.165) is 11.4 Å². The number of carboxylic acid groups (broad SMARTS) is 1. The van der Waals surface area contributed by atoms with Crippen molar-refractivity contribution in [2.24, 2.45) is 14.1 Å². The highest BCUT2D eigenvalue weighted by Gasteiger charge is 2.13. The van der Waals surface area contributed by atoms with Crippen molar-refractivity contribution in [3.05, 3.63) is 36.2 Å². The van der Waals surface area contributed by atoms with Gasteiger partial charge in [0.25, 0.3) is 0 Å². The van der Waals surface area contributed by atoms with E-state index in [1.807, 2.05) is 36.0 Å². The maximum absolute atomic E-state index is 10.9. The first-order chi connectivity index (χ1) is 7.11. The van der Waals surface area contributed by atoms with Gasteiger partial charge in [0.05, 0.1) is 11.4 Å². The van der Waals surface area contributed by atoms with Gasteiger partial charge in [-0.3, -0.25) is 0 Å². The molecular weight excluding hydrogens is 192 g/mol. The van der Waals surface area contributed by atoms with Crippen molar-refractivity contribution in [1.29, 1.82) is 0 Å². The fourth-order valence-corrected chi connectivity index (χ4v) is 1.71. The molecule has 2 rings (SSSR count). The third kappa shape index (κ3) is 1.44. The molecule has 0 amide bonds. The van der Waals surface area contributed by atoms with Gasteiger partial charge < -0.3 is 14.2 Å². The zero-order valence-electron chi connectivity index (χ0n) is 8.64. The first kappa shape index (κ1) is 9.58. The highest BCUT2D eigenvalue weighted by Crippen LogP contribution is 2.21. The van der Waals surface area contributed by atoms with Gasteiger partial charge in [0.15, 0.2) is 0 Å². The Morgan fingerprint density at radius 2 is 1.93 bits per heavy atom.